The number of hydrogen-bond donors (Lipinski definition) is 0. The molecular weight excluding hydrogens is 392 g/mol. The lowest BCUT2D eigenvalue weighted by Gasteiger charge is -2.22. The zero-order chi connectivity index (χ0) is 19.6. The molecule has 2 heterocycles. The smallest absolute Gasteiger partial charge is 0.338 e. The average Bonchev–Trinajstić information content (AvgIpc) is 2.98. The first kappa shape index (κ1) is 19.2. The minimum Gasteiger partial charge on any atom is -0.452 e. The van der Waals surface area contributed by atoms with Crippen LogP contribution in [0.5, 0.6) is 0 Å². The van der Waals surface area contributed by atoms with Gasteiger partial charge in [0, 0.05) is 25.0 Å². The number of esters is 1. The summed E-state index contributed by atoms with van der Waals surface area (Å²) < 4.78 is 32.1. The van der Waals surface area contributed by atoms with Gasteiger partial charge in [-0.15, -0.1) is 4.40 Å². The van der Waals surface area contributed by atoms with Crippen LogP contribution in [0.15, 0.2) is 27.5 Å². The van der Waals surface area contributed by atoms with Gasteiger partial charge < -0.3 is 14.5 Å². The van der Waals surface area contributed by atoms with Gasteiger partial charge in [0.25, 0.3) is 15.9 Å². The minimum absolute atomic E-state index is 0.0538. The molecule has 0 saturated carbocycles. The maximum atomic E-state index is 12.2. The Labute approximate surface area is 160 Å². The molecule has 0 radical (unpaired) electrons. The number of amidine groups is 1. The fourth-order valence-electron chi connectivity index (χ4n) is 2.52. The van der Waals surface area contributed by atoms with Gasteiger partial charge in [-0.05, 0) is 30.0 Å². The number of nitrogens with zero attached hydrogens (tertiary/aromatic N) is 4. The molecule has 142 valence electrons. The van der Waals surface area contributed by atoms with E-state index in [1.807, 2.05) is 6.07 Å². The van der Waals surface area contributed by atoms with E-state index in [-0.39, 0.29) is 24.3 Å². The van der Waals surface area contributed by atoms with Crippen LogP contribution < -0.4 is 4.90 Å². The van der Waals surface area contributed by atoms with Gasteiger partial charge in [0.1, 0.15) is 0 Å². The first-order valence-electron chi connectivity index (χ1n) is 8.01. The SMILES string of the molecule is CN(CCC#N)C(=O)COC(=O)c1ccc2c(c1)SC1=NS(=O)(=O)CCN12. The highest BCUT2D eigenvalue weighted by molar-refractivity contribution is 8.15. The summed E-state index contributed by atoms with van der Waals surface area (Å²) >= 11 is 1.18. The van der Waals surface area contributed by atoms with E-state index in [9.17, 15) is 18.0 Å². The Kier molecular flexibility index (Phi) is 5.38. The van der Waals surface area contributed by atoms with Crippen molar-refractivity contribution in [2.45, 2.75) is 11.3 Å². The van der Waals surface area contributed by atoms with Gasteiger partial charge in [-0.2, -0.15) is 5.26 Å². The summed E-state index contributed by atoms with van der Waals surface area (Å²) in [5.74, 6) is -1.10. The van der Waals surface area contributed by atoms with Crippen LogP contribution in [0.3, 0.4) is 0 Å². The molecule has 2 aliphatic rings. The summed E-state index contributed by atoms with van der Waals surface area (Å²) in [7, 11) is -1.91. The minimum atomic E-state index is -3.44. The molecule has 0 saturated heterocycles. The summed E-state index contributed by atoms with van der Waals surface area (Å²) in [4.78, 5) is 27.9. The molecule has 0 spiro atoms. The molecule has 0 aromatic heterocycles. The van der Waals surface area contributed by atoms with Crippen molar-refractivity contribution in [1.82, 2.24) is 4.90 Å². The fourth-order valence-corrected chi connectivity index (χ4v) is 4.82. The number of fused-ring (bicyclic) bond motifs is 3. The van der Waals surface area contributed by atoms with Crippen LogP contribution in [0.4, 0.5) is 5.69 Å². The van der Waals surface area contributed by atoms with Crippen molar-refractivity contribution in [2.24, 2.45) is 4.40 Å². The van der Waals surface area contributed by atoms with Crippen LogP contribution in [-0.2, 0) is 19.6 Å². The topological polar surface area (TPSA) is 120 Å². The maximum Gasteiger partial charge on any atom is 0.338 e. The molecule has 11 heteroatoms. The number of hydrogen-bond acceptors (Lipinski definition) is 8. The first-order valence-corrected chi connectivity index (χ1v) is 10.4. The van der Waals surface area contributed by atoms with Crippen molar-refractivity contribution < 1.29 is 22.7 Å². The molecule has 1 amide bonds. The molecule has 2 aliphatic heterocycles. The molecule has 0 unspecified atom stereocenters. The van der Waals surface area contributed by atoms with Crippen molar-refractivity contribution in [1.29, 1.82) is 5.26 Å². The highest BCUT2D eigenvalue weighted by atomic mass is 32.2. The summed E-state index contributed by atoms with van der Waals surface area (Å²) in [5, 5.41) is 8.90. The molecular formula is C16H16N4O5S2. The Balaban J connectivity index is 1.66. The summed E-state index contributed by atoms with van der Waals surface area (Å²) in [5.41, 5.74) is 1.05. The lowest BCUT2D eigenvalue weighted by molar-refractivity contribution is -0.133. The highest BCUT2D eigenvalue weighted by Gasteiger charge is 2.33. The van der Waals surface area contributed by atoms with E-state index in [2.05, 4.69) is 4.40 Å². The molecule has 1 aromatic carbocycles. The number of ether oxygens (including phenoxy) is 1. The predicted molar refractivity (Wildman–Crippen MR) is 99.0 cm³/mol. The van der Waals surface area contributed by atoms with Crippen LogP contribution in [0.25, 0.3) is 0 Å². The number of nitriles is 1. The van der Waals surface area contributed by atoms with Crippen molar-refractivity contribution in [2.75, 3.05) is 37.4 Å². The number of carbonyl (C=O) groups excluding carboxylic acids is 2. The van der Waals surface area contributed by atoms with E-state index in [4.69, 9.17) is 10.00 Å². The van der Waals surface area contributed by atoms with Gasteiger partial charge in [-0.3, -0.25) is 4.79 Å². The van der Waals surface area contributed by atoms with Crippen LogP contribution in [-0.4, -0.2) is 62.9 Å². The second-order valence-electron chi connectivity index (χ2n) is 5.90. The summed E-state index contributed by atoms with van der Waals surface area (Å²) in [6, 6.07) is 6.81. The molecule has 0 N–H and O–H groups in total. The molecule has 0 fully saturated rings. The lowest BCUT2D eigenvalue weighted by Crippen LogP contribution is -2.35. The molecule has 0 bridgehead atoms. The molecule has 0 atom stereocenters. The number of anilines is 1. The van der Waals surface area contributed by atoms with Gasteiger partial charge in [0.05, 0.1) is 29.5 Å². The van der Waals surface area contributed by atoms with Crippen LogP contribution in [0.2, 0.25) is 0 Å². The third-order valence-electron chi connectivity index (χ3n) is 4.02. The van der Waals surface area contributed by atoms with Crippen molar-refractivity contribution in [3.05, 3.63) is 23.8 Å². The zero-order valence-corrected chi connectivity index (χ0v) is 16.0. The van der Waals surface area contributed by atoms with Gasteiger partial charge >= 0.3 is 5.97 Å². The van der Waals surface area contributed by atoms with E-state index in [1.165, 1.54) is 23.7 Å². The maximum absolute atomic E-state index is 12.2. The number of benzene rings is 1. The van der Waals surface area contributed by atoms with E-state index >= 15 is 0 Å². The van der Waals surface area contributed by atoms with Crippen LogP contribution >= 0.6 is 11.8 Å². The van der Waals surface area contributed by atoms with Gasteiger partial charge in [0.15, 0.2) is 11.8 Å². The van der Waals surface area contributed by atoms with E-state index < -0.39 is 28.5 Å². The average molecular weight is 408 g/mol. The monoisotopic (exact) mass is 408 g/mol. The Bertz CT molecular complexity index is 968. The van der Waals surface area contributed by atoms with Gasteiger partial charge in [-0.1, -0.05) is 0 Å². The Morgan fingerprint density at radius 2 is 2.22 bits per heavy atom. The van der Waals surface area contributed by atoms with Crippen LogP contribution in [0.1, 0.15) is 16.8 Å². The molecule has 0 aliphatic carbocycles. The molecule has 9 nitrogen and oxygen atoms in total. The number of carbonyl (C=O) groups is 2. The summed E-state index contributed by atoms with van der Waals surface area (Å²) in [6.45, 7) is 0.166. The number of amides is 1. The largest absolute Gasteiger partial charge is 0.452 e. The van der Waals surface area contributed by atoms with E-state index in [1.54, 1.807) is 23.1 Å². The number of sulfonamides is 1. The lowest BCUT2D eigenvalue weighted by atomic mass is 10.2. The predicted octanol–water partition coefficient (Wildman–Crippen LogP) is 0.827. The second kappa shape index (κ2) is 7.58. The standard InChI is InChI=1S/C16H16N4O5S2/c1-19(6-2-5-17)14(21)10-25-15(22)11-3-4-12-13(9-11)26-16-18-27(23,24)8-7-20(12)16/h3-4,9H,2,6-8,10H2,1H3. The second-order valence-corrected chi connectivity index (χ2v) is 8.66. The van der Waals surface area contributed by atoms with E-state index in [0.717, 1.165) is 5.69 Å². The molecule has 1 aromatic rings. The number of likely N-dealkylation sites (N-methyl/N-ethyl adjacent to an activating group) is 1. The van der Waals surface area contributed by atoms with Crippen LogP contribution in [0, 0.1) is 11.3 Å². The third-order valence-corrected chi connectivity index (χ3v) is 6.33. The quantitative estimate of drug-likeness (QED) is 0.657. The highest BCUT2D eigenvalue weighted by Crippen LogP contribution is 2.42. The first-order chi connectivity index (χ1) is 12.8. The Morgan fingerprint density at radius 3 is 2.96 bits per heavy atom. The Hall–Kier alpha value is -2.58. The molecule has 3 rings (SSSR count). The third kappa shape index (κ3) is 4.23. The van der Waals surface area contributed by atoms with Gasteiger partial charge in [0.2, 0.25) is 0 Å². The number of rotatable bonds is 5. The normalized spacial score (nSPS) is 16.6. The van der Waals surface area contributed by atoms with Crippen molar-refractivity contribution in [3.8, 4) is 6.07 Å². The summed E-state index contributed by atoms with van der Waals surface area (Å²) in [6.07, 6.45) is 0.203. The Morgan fingerprint density at radius 1 is 1.44 bits per heavy atom. The van der Waals surface area contributed by atoms with Crippen molar-refractivity contribution in [3.63, 3.8) is 0 Å². The zero-order valence-electron chi connectivity index (χ0n) is 14.4. The fraction of sp³-hybridized carbons (Fsp3) is 0.375. The molecule has 27 heavy (non-hydrogen) atoms. The van der Waals surface area contributed by atoms with E-state index in [0.29, 0.717) is 16.6 Å². The van der Waals surface area contributed by atoms with Gasteiger partial charge in [-0.25, -0.2) is 13.2 Å². The van der Waals surface area contributed by atoms with Crippen molar-refractivity contribution >= 4 is 44.5 Å². The number of thioether (sulfide) groups is 1.